The van der Waals surface area contributed by atoms with Gasteiger partial charge >= 0.3 is 0 Å². The van der Waals surface area contributed by atoms with Crippen molar-refractivity contribution in [3.8, 4) is 5.75 Å². The summed E-state index contributed by atoms with van der Waals surface area (Å²) in [5.41, 5.74) is 2.97. The van der Waals surface area contributed by atoms with Crippen LogP contribution >= 0.6 is 0 Å². The molecule has 26 heavy (non-hydrogen) atoms. The molecule has 2 amide bonds. The molecule has 0 fully saturated rings. The summed E-state index contributed by atoms with van der Waals surface area (Å²) in [7, 11) is 1.64. The van der Waals surface area contributed by atoms with Gasteiger partial charge < -0.3 is 15.0 Å². The summed E-state index contributed by atoms with van der Waals surface area (Å²) in [6.07, 6.45) is 1.00. The maximum Gasteiger partial charge on any atom is 0.223 e. The van der Waals surface area contributed by atoms with Crippen LogP contribution in [0.4, 0.5) is 5.69 Å². The highest BCUT2D eigenvalue weighted by Crippen LogP contribution is 2.19. The summed E-state index contributed by atoms with van der Waals surface area (Å²) in [6.45, 7) is 4.40. The molecular weight excluding hydrogens is 328 g/mol. The van der Waals surface area contributed by atoms with Crippen LogP contribution in [0.2, 0.25) is 0 Å². The summed E-state index contributed by atoms with van der Waals surface area (Å²) in [4.78, 5) is 25.7. The lowest BCUT2D eigenvalue weighted by atomic mass is 10.1. The van der Waals surface area contributed by atoms with E-state index in [0.717, 1.165) is 29.0 Å². The number of anilines is 1. The second-order valence-electron chi connectivity index (χ2n) is 6.16. The number of ether oxygens (including phenoxy) is 1. The third-order valence-corrected chi connectivity index (χ3v) is 4.22. The fourth-order valence-electron chi connectivity index (χ4n) is 2.79. The molecule has 0 spiro atoms. The van der Waals surface area contributed by atoms with Gasteiger partial charge in [0.2, 0.25) is 11.8 Å². The van der Waals surface area contributed by atoms with Gasteiger partial charge in [0.15, 0.2) is 0 Å². The van der Waals surface area contributed by atoms with E-state index >= 15 is 0 Å². The fourth-order valence-corrected chi connectivity index (χ4v) is 2.79. The van der Waals surface area contributed by atoms with Crippen LogP contribution in [0.25, 0.3) is 0 Å². The molecule has 5 heteroatoms. The van der Waals surface area contributed by atoms with Gasteiger partial charge in [0.05, 0.1) is 7.11 Å². The average molecular weight is 354 g/mol. The second kappa shape index (κ2) is 9.61. The Hall–Kier alpha value is -2.82. The molecule has 1 N–H and O–H groups in total. The van der Waals surface area contributed by atoms with Gasteiger partial charge in [-0.1, -0.05) is 30.3 Å². The van der Waals surface area contributed by atoms with E-state index in [0.29, 0.717) is 13.1 Å². The summed E-state index contributed by atoms with van der Waals surface area (Å²) in [5.74, 6) is 0.681. The van der Waals surface area contributed by atoms with Gasteiger partial charge in [-0.2, -0.15) is 0 Å². The second-order valence-corrected chi connectivity index (χ2v) is 6.16. The lowest BCUT2D eigenvalue weighted by Gasteiger charge is -2.22. The standard InChI is InChI=1S/C21H26N2O3/c1-16-7-4-5-10-20(16)23(17(2)24)14-12-21(25)22-13-11-18-8-6-9-19(15-18)26-3/h4-10,15H,11-14H2,1-3H3,(H,22,25). The first-order valence-corrected chi connectivity index (χ1v) is 8.74. The van der Waals surface area contributed by atoms with Crippen LogP contribution in [-0.2, 0) is 16.0 Å². The third-order valence-electron chi connectivity index (χ3n) is 4.22. The first-order valence-electron chi connectivity index (χ1n) is 8.74. The molecule has 138 valence electrons. The summed E-state index contributed by atoms with van der Waals surface area (Å²) in [6, 6.07) is 15.5. The Balaban J connectivity index is 1.83. The first kappa shape index (κ1) is 19.5. The van der Waals surface area contributed by atoms with Gasteiger partial charge in [0.1, 0.15) is 5.75 Å². The number of aryl methyl sites for hydroxylation is 1. The first-order chi connectivity index (χ1) is 12.5. The quantitative estimate of drug-likeness (QED) is 0.792. The Kier molecular flexibility index (Phi) is 7.21. The minimum absolute atomic E-state index is 0.0623. The molecule has 0 unspecified atom stereocenters. The van der Waals surface area contributed by atoms with E-state index in [1.807, 2.05) is 55.5 Å². The highest BCUT2D eigenvalue weighted by molar-refractivity contribution is 5.93. The number of methoxy groups -OCH3 is 1. The molecule has 0 heterocycles. The zero-order chi connectivity index (χ0) is 18.9. The number of hydrogen-bond donors (Lipinski definition) is 1. The molecular formula is C21H26N2O3. The highest BCUT2D eigenvalue weighted by atomic mass is 16.5. The molecule has 2 aromatic rings. The smallest absolute Gasteiger partial charge is 0.223 e. The van der Waals surface area contributed by atoms with E-state index in [9.17, 15) is 9.59 Å². The molecule has 2 rings (SSSR count). The normalized spacial score (nSPS) is 10.3. The zero-order valence-electron chi connectivity index (χ0n) is 15.6. The predicted molar refractivity (Wildman–Crippen MR) is 104 cm³/mol. The number of hydrogen-bond acceptors (Lipinski definition) is 3. The van der Waals surface area contributed by atoms with Crippen LogP contribution in [0, 0.1) is 6.92 Å². The van der Waals surface area contributed by atoms with Crippen molar-refractivity contribution in [2.75, 3.05) is 25.1 Å². The van der Waals surface area contributed by atoms with E-state index in [4.69, 9.17) is 4.74 Å². The lowest BCUT2D eigenvalue weighted by molar-refractivity contribution is -0.121. The Bertz CT molecular complexity index is 758. The van der Waals surface area contributed by atoms with Gasteiger partial charge in [-0.25, -0.2) is 0 Å². The van der Waals surface area contributed by atoms with Gasteiger partial charge in [0.25, 0.3) is 0 Å². The van der Waals surface area contributed by atoms with Gasteiger partial charge in [-0.15, -0.1) is 0 Å². The number of para-hydroxylation sites is 1. The number of rotatable bonds is 8. The number of nitrogens with zero attached hydrogens (tertiary/aromatic N) is 1. The number of carbonyl (C=O) groups is 2. The van der Waals surface area contributed by atoms with Crippen LogP contribution in [-0.4, -0.2) is 32.0 Å². The van der Waals surface area contributed by atoms with Crippen LogP contribution in [0.3, 0.4) is 0 Å². The summed E-state index contributed by atoms with van der Waals surface area (Å²) >= 11 is 0. The van der Waals surface area contributed by atoms with Crippen LogP contribution in [0.1, 0.15) is 24.5 Å². The molecule has 0 aromatic heterocycles. The Morgan fingerprint density at radius 2 is 1.88 bits per heavy atom. The monoisotopic (exact) mass is 354 g/mol. The highest BCUT2D eigenvalue weighted by Gasteiger charge is 2.14. The molecule has 0 saturated carbocycles. The number of benzene rings is 2. The number of amides is 2. The SMILES string of the molecule is COc1cccc(CCNC(=O)CCN(C(C)=O)c2ccccc2C)c1. The van der Waals surface area contributed by atoms with E-state index in [-0.39, 0.29) is 18.2 Å². The third kappa shape index (κ3) is 5.62. The van der Waals surface area contributed by atoms with E-state index in [1.54, 1.807) is 12.0 Å². The minimum atomic E-state index is -0.0662. The zero-order valence-corrected chi connectivity index (χ0v) is 15.6. The summed E-state index contributed by atoms with van der Waals surface area (Å²) in [5, 5.41) is 2.91. The van der Waals surface area contributed by atoms with E-state index in [1.165, 1.54) is 6.92 Å². The van der Waals surface area contributed by atoms with E-state index < -0.39 is 0 Å². The Morgan fingerprint density at radius 1 is 1.12 bits per heavy atom. The van der Waals surface area contributed by atoms with Crippen molar-refractivity contribution < 1.29 is 14.3 Å². The van der Waals surface area contributed by atoms with Crippen molar-refractivity contribution in [2.24, 2.45) is 0 Å². The van der Waals surface area contributed by atoms with Crippen molar-refractivity contribution in [3.63, 3.8) is 0 Å². The van der Waals surface area contributed by atoms with Crippen molar-refractivity contribution >= 4 is 17.5 Å². The summed E-state index contributed by atoms with van der Waals surface area (Å²) < 4.78 is 5.20. The number of nitrogens with one attached hydrogen (secondary N) is 1. The topological polar surface area (TPSA) is 58.6 Å². The number of carbonyl (C=O) groups excluding carboxylic acids is 2. The minimum Gasteiger partial charge on any atom is -0.497 e. The maximum absolute atomic E-state index is 12.1. The largest absolute Gasteiger partial charge is 0.497 e. The van der Waals surface area contributed by atoms with Crippen molar-refractivity contribution in [1.29, 1.82) is 0 Å². The molecule has 5 nitrogen and oxygen atoms in total. The Labute approximate surface area is 155 Å². The van der Waals surface area contributed by atoms with Crippen LogP contribution < -0.4 is 15.0 Å². The molecule has 0 saturated heterocycles. The Morgan fingerprint density at radius 3 is 2.58 bits per heavy atom. The molecule has 0 atom stereocenters. The average Bonchev–Trinajstić information content (AvgIpc) is 2.63. The molecule has 0 aliphatic rings. The fraction of sp³-hybridized carbons (Fsp3) is 0.333. The predicted octanol–water partition coefficient (Wildman–Crippen LogP) is 3.11. The van der Waals surface area contributed by atoms with Crippen molar-refractivity contribution in [2.45, 2.75) is 26.7 Å². The molecule has 0 bridgehead atoms. The van der Waals surface area contributed by atoms with Crippen molar-refractivity contribution in [3.05, 3.63) is 59.7 Å². The maximum atomic E-state index is 12.1. The van der Waals surface area contributed by atoms with Crippen molar-refractivity contribution in [1.82, 2.24) is 5.32 Å². The molecule has 0 aliphatic heterocycles. The van der Waals surface area contributed by atoms with E-state index in [2.05, 4.69) is 5.32 Å². The van der Waals surface area contributed by atoms with Crippen LogP contribution in [0.5, 0.6) is 5.75 Å². The molecule has 0 aliphatic carbocycles. The lowest BCUT2D eigenvalue weighted by Crippen LogP contribution is -2.34. The van der Waals surface area contributed by atoms with Gasteiger partial charge in [-0.3, -0.25) is 9.59 Å². The molecule has 2 aromatic carbocycles. The van der Waals surface area contributed by atoms with Gasteiger partial charge in [-0.05, 0) is 42.7 Å². The van der Waals surface area contributed by atoms with Crippen LogP contribution in [0.15, 0.2) is 48.5 Å². The van der Waals surface area contributed by atoms with Gasteiger partial charge in [0, 0.05) is 32.1 Å². The molecule has 0 radical (unpaired) electrons.